The molecule has 2 fully saturated rings. The normalized spacial score (nSPS) is 22.0. The summed E-state index contributed by atoms with van der Waals surface area (Å²) in [6, 6.07) is 3.66. The molecular formula is C20H25NO3S. The van der Waals surface area contributed by atoms with Crippen LogP contribution in [0.15, 0.2) is 17.0 Å². The summed E-state index contributed by atoms with van der Waals surface area (Å²) in [6.45, 7) is 6.36. The third-order valence-electron chi connectivity index (χ3n) is 5.29. The van der Waals surface area contributed by atoms with Gasteiger partial charge in [0.25, 0.3) is 11.1 Å². The van der Waals surface area contributed by atoms with E-state index in [0.717, 1.165) is 41.3 Å². The molecule has 4 nitrogen and oxygen atoms in total. The summed E-state index contributed by atoms with van der Waals surface area (Å²) >= 11 is 1.02. The van der Waals surface area contributed by atoms with Gasteiger partial charge in [-0.3, -0.25) is 14.5 Å². The molecule has 1 aliphatic heterocycles. The number of aryl methyl sites for hydroxylation is 2. The van der Waals surface area contributed by atoms with E-state index in [4.69, 9.17) is 0 Å². The maximum Gasteiger partial charge on any atom is 0.293 e. The molecule has 1 N–H and O–H groups in total. The first kappa shape index (κ1) is 18.1. The molecule has 134 valence electrons. The number of aromatic hydroxyl groups is 1. The highest BCUT2D eigenvalue weighted by Gasteiger charge is 2.40. The maximum absolute atomic E-state index is 12.7. The number of thioether (sulfide) groups is 1. The van der Waals surface area contributed by atoms with Crippen LogP contribution in [-0.4, -0.2) is 27.7 Å². The van der Waals surface area contributed by atoms with Crippen molar-refractivity contribution in [2.75, 3.05) is 6.54 Å². The summed E-state index contributed by atoms with van der Waals surface area (Å²) < 4.78 is 0. The van der Waals surface area contributed by atoms with Crippen molar-refractivity contribution in [1.29, 1.82) is 0 Å². The van der Waals surface area contributed by atoms with Crippen molar-refractivity contribution >= 4 is 29.0 Å². The van der Waals surface area contributed by atoms with Gasteiger partial charge in [0.15, 0.2) is 0 Å². The van der Waals surface area contributed by atoms with E-state index >= 15 is 0 Å². The molecule has 1 saturated carbocycles. The van der Waals surface area contributed by atoms with Crippen LogP contribution in [0.3, 0.4) is 0 Å². The fourth-order valence-electron chi connectivity index (χ4n) is 3.81. The lowest BCUT2D eigenvalue weighted by Gasteiger charge is -2.35. The number of carbonyl (C=O) groups excluding carboxylic acids is 2. The summed E-state index contributed by atoms with van der Waals surface area (Å²) in [5.41, 5.74) is 2.41. The molecule has 0 unspecified atom stereocenters. The van der Waals surface area contributed by atoms with Crippen molar-refractivity contribution in [2.45, 2.75) is 52.9 Å². The molecule has 0 atom stereocenters. The van der Waals surface area contributed by atoms with Crippen LogP contribution in [0.4, 0.5) is 4.79 Å². The number of imide groups is 1. The molecule has 1 aromatic rings. The second-order valence-electron chi connectivity index (χ2n) is 7.64. The van der Waals surface area contributed by atoms with Crippen LogP contribution in [0, 0.1) is 19.3 Å². The summed E-state index contributed by atoms with van der Waals surface area (Å²) in [4.78, 5) is 27.0. The van der Waals surface area contributed by atoms with Crippen molar-refractivity contribution in [3.05, 3.63) is 33.7 Å². The molecule has 1 saturated heterocycles. The molecule has 2 amide bonds. The van der Waals surface area contributed by atoms with E-state index in [2.05, 4.69) is 6.92 Å². The number of hydrogen-bond donors (Lipinski definition) is 1. The SMILES string of the molecule is Cc1cc(/C=C2/SC(=O)N(CC3(C)CCCCC3)C2=O)cc(C)c1O. The van der Waals surface area contributed by atoms with Crippen molar-refractivity contribution < 1.29 is 14.7 Å². The Morgan fingerprint density at radius 2 is 1.76 bits per heavy atom. The Balaban J connectivity index is 1.81. The minimum atomic E-state index is -0.190. The van der Waals surface area contributed by atoms with E-state index in [-0.39, 0.29) is 22.3 Å². The molecule has 1 aromatic carbocycles. The molecule has 0 spiro atoms. The molecule has 5 heteroatoms. The largest absolute Gasteiger partial charge is 0.507 e. The van der Waals surface area contributed by atoms with E-state index in [9.17, 15) is 14.7 Å². The summed E-state index contributed by atoms with van der Waals surface area (Å²) in [6.07, 6.45) is 7.50. The summed E-state index contributed by atoms with van der Waals surface area (Å²) in [5, 5.41) is 9.71. The van der Waals surface area contributed by atoms with Gasteiger partial charge >= 0.3 is 0 Å². The molecule has 1 aliphatic carbocycles. The van der Waals surface area contributed by atoms with Crippen molar-refractivity contribution in [1.82, 2.24) is 4.90 Å². The molecule has 0 bridgehead atoms. The van der Waals surface area contributed by atoms with E-state index in [1.54, 1.807) is 6.08 Å². The van der Waals surface area contributed by atoms with Crippen LogP contribution in [0.2, 0.25) is 0 Å². The lowest BCUT2D eigenvalue weighted by atomic mass is 9.75. The van der Waals surface area contributed by atoms with Crippen LogP contribution >= 0.6 is 11.8 Å². The number of phenols is 1. The number of nitrogens with zero attached hydrogens (tertiary/aromatic N) is 1. The van der Waals surface area contributed by atoms with Crippen LogP contribution < -0.4 is 0 Å². The Kier molecular flexibility index (Phi) is 4.96. The number of amides is 2. The van der Waals surface area contributed by atoms with Crippen LogP contribution in [0.5, 0.6) is 5.75 Å². The smallest absolute Gasteiger partial charge is 0.293 e. The van der Waals surface area contributed by atoms with Gasteiger partial charge in [-0.2, -0.15) is 0 Å². The van der Waals surface area contributed by atoms with Gasteiger partial charge in [-0.1, -0.05) is 26.2 Å². The lowest BCUT2D eigenvalue weighted by Crippen LogP contribution is -2.39. The van der Waals surface area contributed by atoms with Crippen LogP contribution in [-0.2, 0) is 4.79 Å². The number of phenolic OH excluding ortho intramolecular Hbond substituents is 1. The Morgan fingerprint density at radius 1 is 1.16 bits per heavy atom. The van der Waals surface area contributed by atoms with Gasteiger partial charge in [0.2, 0.25) is 0 Å². The standard InChI is InChI=1S/C20H25NO3S/c1-13-9-15(10-14(2)17(13)22)11-16-18(23)21(19(24)25-16)12-20(3)7-5-4-6-8-20/h9-11,22H,4-8,12H2,1-3H3/b16-11+. The lowest BCUT2D eigenvalue weighted by molar-refractivity contribution is -0.124. The quantitative estimate of drug-likeness (QED) is 0.770. The van der Waals surface area contributed by atoms with Crippen molar-refractivity contribution in [2.24, 2.45) is 5.41 Å². The van der Waals surface area contributed by atoms with Crippen molar-refractivity contribution in [3.63, 3.8) is 0 Å². The average Bonchev–Trinajstić information content (AvgIpc) is 2.80. The van der Waals surface area contributed by atoms with Gasteiger partial charge in [0.1, 0.15) is 5.75 Å². The van der Waals surface area contributed by atoms with E-state index in [1.165, 1.54) is 24.2 Å². The predicted octanol–water partition coefficient (Wildman–Crippen LogP) is 5.02. The second kappa shape index (κ2) is 6.87. The third-order valence-corrected chi connectivity index (χ3v) is 6.19. The Morgan fingerprint density at radius 3 is 2.36 bits per heavy atom. The molecule has 2 aliphatic rings. The Labute approximate surface area is 153 Å². The maximum atomic E-state index is 12.7. The number of hydrogen-bond acceptors (Lipinski definition) is 4. The second-order valence-corrected chi connectivity index (χ2v) is 8.64. The van der Waals surface area contributed by atoms with E-state index in [1.807, 2.05) is 26.0 Å². The monoisotopic (exact) mass is 359 g/mol. The highest BCUT2D eigenvalue weighted by Crippen LogP contribution is 2.40. The van der Waals surface area contributed by atoms with Crippen molar-refractivity contribution in [3.8, 4) is 5.75 Å². The fraction of sp³-hybridized carbons (Fsp3) is 0.500. The van der Waals surface area contributed by atoms with Gasteiger partial charge < -0.3 is 5.11 Å². The zero-order chi connectivity index (χ0) is 18.2. The summed E-state index contributed by atoms with van der Waals surface area (Å²) in [7, 11) is 0. The van der Waals surface area contributed by atoms with Crippen LogP contribution in [0.25, 0.3) is 6.08 Å². The van der Waals surface area contributed by atoms with Gasteiger partial charge in [0, 0.05) is 6.54 Å². The van der Waals surface area contributed by atoms with Gasteiger partial charge in [0.05, 0.1) is 4.91 Å². The van der Waals surface area contributed by atoms with Gasteiger partial charge in [-0.05, 0) is 78.8 Å². The Hall–Kier alpha value is -1.75. The molecular weight excluding hydrogens is 334 g/mol. The fourth-order valence-corrected chi connectivity index (χ4v) is 4.64. The van der Waals surface area contributed by atoms with Gasteiger partial charge in [-0.25, -0.2) is 0 Å². The highest BCUT2D eigenvalue weighted by molar-refractivity contribution is 8.18. The first-order chi connectivity index (χ1) is 11.8. The van der Waals surface area contributed by atoms with Gasteiger partial charge in [-0.15, -0.1) is 0 Å². The van der Waals surface area contributed by atoms with E-state index in [0.29, 0.717) is 11.4 Å². The number of benzene rings is 1. The zero-order valence-corrected chi connectivity index (χ0v) is 15.9. The average molecular weight is 359 g/mol. The molecule has 25 heavy (non-hydrogen) atoms. The molecule has 3 rings (SSSR count). The van der Waals surface area contributed by atoms with Crippen LogP contribution in [0.1, 0.15) is 55.7 Å². The molecule has 1 heterocycles. The topological polar surface area (TPSA) is 57.6 Å². The first-order valence-corrected chi connectivity index (χ1v) is 9.66. The minimum absolute atomic E-state index is 0.0469. The minimum Gasteiger partial charge on any atom is -0.507 e. The van der Waals surface area contributed by atoms with E-state index < -0.39 is 0 Å². The molecule has 0 radical (unpaired) electrons. The Bertz CT molecular complexity index is 724. The summed E-state index contributed by atoms with van der Waals surface area (Å²) in [5.74, 6) is 0.0839. The number of carbonyl (C=O) groups is 2. The highest BCUT2D eigenvalue weighted by atomic mass is 32.2. The zero-order valence-electron chi connectivity index (χ0n) is 15.1. The third kappa shape index (κ3) is 3.76. The molecule has 0 aromatic heterocycles. The number of rotatable bonds is 3. The predicted molar refractivity (Wildman–Crippen MR) is 101 cm³/mol. The first-order valence-electron chi connectivity index (χ1n) is 8.85.